The molecule has 1 unspecified atom stereocenters. The number of aliphatic carboxylic acids is 1. The van der Waals surface area contributed by atoms with Crippen molar-refractivity contribution in [3.63, 3.8) is 0 Å². The molecule has 0 aliphatic carbocycles. The summed E-state index contributed by atoms with van der Waals surface area (Å²) >= 11 is 0. The number of aromatic hydroxyl groups is 1. The van der Waals surface area contributed by atoms with Gasteiger partial charge < -0.3 is 14.9 Å². The highest BCUT2D eigenvalue weighted by atomic mass is 16.5. The molecule has 94 valence electrons. The van der Waals surface area contributed by atoms with Gasteiger partial charge in [0.15, 0.2) is 11.5 Å². The predicted molar refractivity (Wildman–Crippen MR) is 64.6 cm³/mol. The Morgan fingerprint density at radius 2 is 2.06 bits per heavy atom. The summed E-state index contributed by atoms with van der Waals surface area (Å²) in [5, 5.41) is 18.9. The van der Waals surface area contributed by atoms with Gasteiger partial charge in [-0.25, -0.2) is 0 Å². The summed E-state index contributed by atoms with van der Waals surface area (Å²) in [6, 6.07) is 1.81. The number of phenols is 1. The van der Waals surface area contributed by atoms with Crippen LogP contribution in [0.15, 0.2) is 6.07 Å². The fourth-order valence-electron chi connectivity index (χ4n) is 1.76. The molecule has 17 heavy (non-hydrogen) atoms. The maximum absolute atomic E-state index is 10.8. The van der Waals surface area contributed by atoms with Crippen molar-refractivity contribution in [1.82, 2.24) is 0 Å². The van der Waals surface area contributed by atoms with Crippen molar-refractivity contribution >= 4 is 5.97 Å². The Morgan fingerprint density at radius 1 is 1.47 bits per heavy atom. The van der Waals surface area contributed by atoms with Gasteiger partial charge in [0.05, 0.1) is 13.0 Å². The first-order chi connectivity index (χ1) is 7.88. The van der Waals surface area contributed by atoms with Gasteiger partial charge in [0.25, 0.3) is 0 Å². The van der Waals surface area contributed by atoms with Crippen LogP contribution in [0.1, 0.15) is 23.6 Å². The van der Waals surface area contributed by atoms with Crippen molar-refractivity contribution in [3.05, 3.63) is 22.8 Å². The molecule has 0 aromatic heterocycles. The van der Waals surface area contributed by atoms with E-state index in [0.717, 1.165) is 11.1 Å². The molecule has 0 heterocycles. The summed E-state index contributed by atoms with van der Waals surface area (Å²) in [4.78, 5) is 10.8. The van der Waals surface area contributed by atoms with Crippen LogP contribution in [-0.2, 0) is 11.2 Å². The molecular weight excluding hydrogens is 220 g/mol. The predicted octanol–water partition coefficient (Wildman–Crippen LogP) is 2.28. The summed E-state index contributed by atoms with van der Waals surface area (Å²) in [5.41, 5.74) is 2.46. The molecule has 2 N–H and O–H groups in total. The summed E-state index contributed by atoms with van der Waals surface area (Å²) in [5.74, 6) is -0.935. The second-order valence-corrected chi connectivity index (χ2v) is 4.30. The van der Waals surface area contributed by atoms with E-state index in [1.165, 1.54) is 7.11 Å². The Balaban J connectivity index is 3.17. The highest BCUT2D eigenvalue weighted by Gasteiger charge is 2.18. The third-order valence-corrected chi connectivity index (χ3v) is 2.99. The minimum atomic E-state index is -0.874. The number of hydrogen-bond acceptors (Lipinski definition) is 3. The first-order valence-electron chi connectivity index (χ1n) is 5.47. The number of methoxy groups -OCH3 is 1. The highest BCUT2D eigenvalue weighted by Crippen LogP contribution is 2.36. The average Bonchev–Trinajstić information content (AvgIpc) is 2.26. The van der Waals surface area contributed by atoms with E-state index in [9.17, 15) is 9.90 Å². The number of carboxylic acids is 1. The zero-order valence-electron chi connectivity index (χ0n) is 10.6. The van der Waals surface area contributed by atoms with Crippen LogP contribution in [0.4, 0.5) is 0 Å². The molecule has 0 saturated heterocycles. The minimum absolute atomic E-state index is 0.0451. The van der Waals surface area contributed by atoms with Gasteiger partial charge in [0.1, 0.15) is 0 Å². The van der Waals surface area contributed by atoms with Crippen LogP contribution < -0.4 is 4.74 Å². The molecule has 4 nitrogen and oxygen atoms in total. The van der Waals surface area contributed by atoms with Crippen LogP contribution >= 0.6 is 0 Å². The fraction of sp³-hybridized carbons (Fsp3) is 0.462. The zero-order valence-corrected chi connectivity index (χ0v) is 10.6. The number of aryl methyl sites for hydroxylation is 1. The van der Waals surface area contributed by atoms with Gasteiger partial charge in [-0.1, -0.05) is 13.0 Å². The van der Waals surface area contributed by atoms with E-state index < -0.39 is 11.9 Å². The zero-order chi connectivity index (χ0) is 13.2. The molecule has 1 atom stereocenters. The lowest BCUT2D eigenvalue weighted by Crippen LogP contribution is -2.12. The Hall–Kier alpha value is -1.71. The van der Waals surface area contributed by atoms with Crippen LogP contribution in [0.25, 0.3) is 0 Å². The van der Waals surface area contributed by atoms with Crippen LogP contribution in [0, 0.1) is 19.8 Å². The van der Waals surface area contributed by atoms with Crippen molar-refractivity contribution in [2.75, 3.05) is 7.11 Å². The first kappa shape index (κ1) is 13.4. The third-order valence-electron chi connectivity index (χ3n) is 2.99. The van der Waals surface area contributed by atoms with E-state index in [4.69, 9.17) is 9.84 Å². The molecule has 0 radical (unpaired) electrons. The molecule has 0 fully saturated rings. The van der Waals surface area contributed by atoms with Crippen molar-refractivity contribution in [2.24, 2.45) is 5.92 Å². The summed E-state index contributed by atoms with van der Waals surface area (Å²) in [6.07, 6.45) is 0.290. The lowest BCUT2D eigenvalue weighted by atomic mass is 9.96. The van der Waals surface area contributed by atoms with Crippen LogP contribution in [0.5, 0.6) is 11.5 Å². The summed E-state index contributed by atoms with van der Waals surface area (Å²) in [7, 11) is 1.49. The molecule has 0 saturated carbocycles. The molecule has 4 heteroatoms. The van der Waals surface area contributed by atoms with Gasteiger partial charge in [-0.15, -0.1) is 0 Å². The highest BCUT2D eigenvalue weighted by molar-refractivity contribution is 5.70. The van der Waals surface area contributed by atoms with Crippen molar-refractivity contribution in [2.45, 2.75) is 27.2 Å². The van der Waals surface area contributed by atoms with Gasteiger partial charge in [-0.3, -0.25) is 4.79 Å². The number of carbonyl (C=O) groups is 1. The van der Waals surface area contributed by atoms with Gasteiger partial charge in [-0.2, -0.15) is 0 Å². The second kappa shape index (κ2) is 5.08. The number of carboxylic acid groups (broad SMARTS) is 1. The number of ether oxygens (including phenoxy) is 1. The molecule has 1 aromatic rings. The smallest absolute Gasteiger partial charge is 0.306 e. The van der Waals surface area contributed by atoms with Gasteiger partial charge >= 0.3 is 5.97 Å². The molecule has 0 spiro atoms. The van der Waals surface area contributed by atoms with E-state index in [1.807, 2.05) is 19.9 Å². The quantitative estimate of drug-likeness (QED) is 0.844. The topological polar surface area (TPSA) is 66.8 Å². The van der Waals surface area contributed by atoms with Crippen molar-refractivity contribution < 1.29 is 19.7 Å². The average molecular weight is 238 g/mol. The molecule has 0 bridgehead atoms. The fourth-order valence-corrected chi connectivity index (χ4v) is 1.76. The molecule has 0 amide bonds. The van der Waals surface area contributed by atoms with Crippen LogP contribution in [-0.4, -0.2) is 23.3 Å². The summed E-state index contributed by atoms with van der Waals surface area (Å²) < 4.78 is 5.14. The lowest BCUT2D eigenvalue weighted by molar-refractivity contribution is -0.141. The number of hydrogen-bond donors (Lipinski definition) is 2. The minimum Gasteiger partial charge on any atom is -0.504 e. The maximum Gasteiger partial charge on any atom is 0.306 e. The Labute approximate surface area is 101 Å². The number of rotatable bonds is 4. The maximum atomic E-state index is 10.8. The van der Waals surface area contributed by atoms with E-state index in [-0.39, 0.29) is 5.75 Å². The third kappa shape index (κ3) is 2.70. The summed E-state index contributed by atoms with van der Waals surface area (Å²) in [6.45, 7) is 5.38. The normalized spacial score (nSPS) is 12.2. The molecule has 0 aliphatic heterocycles. The largest absolute Gasteiger partial charge is 0.504 e. The second-order valence-electron chi connectivity index (χ2n) is 4.30. The van der Waals surface area contributed by atoms with Crippen molar-refractivity contribution in [1.29, 1.82) is 0 Å². The van der Waals surface area contributed by atoms with E-state index >= 15 is 0 Å². The van der Waals surface area contributed by atoms with Crippen molar-refractivity contribution in [3.8, 4) is 11.5 Å². The Morgan fingerprint density at radius 3 is 2.53 bits per heavy atom. The van der Waals surface area contributed by atoms with Gasteiger partial charge in [-0.05, 0) is 37.0 Å². The van der Waals surface area contributed by atoms with Crippen LogP contribution in [0.2, 0.25) is 0 Å². The lowest BCUT2D eigenvalue weighted by Gasteiger charge is -2.15. The number of benzene rings is 1. The van der Waals surface area contributed by atoms with E-state index in [0.29, 0.717) is 17.7 Å². The molecular formula is C13H18O4. The Kier molecular flexibility index (Phi) is 3.99. The monoisotopic (exact) mass is 238 g/mol. The molecule has 1 aromatic carbocycles. The molecule has 0 aliphatic rings. The Bertz CT molecular complexity index is 438. The number of phenolic OH excluding ortho intramolecular Hbond substituents is 1. The van der Waals surface area contributed by atoms with Gasteiger partial charge in [0.2, 0.25) is 0 Å². The molecule has 1 rings (SSSR count). The van der Waals surface area contributed by atoms with Gasteiger partial charge in [0, 0.05) is 0 Å². The van der Waals surface area contributed by atoms with Crippen LogP contribution in [0.3, 0.4) is 0 Å². The first-order valence-corrected chi connectivity index (χ1v) is 5.47. The standard InChI is InChI=1S/C13H18O4/c1-7-5-10(6-8(2)13(15)16)11(14)12(17-4)9(7)3/h5,8,14H,6H2,1-4H3,(H,15,16). The van der Waals surface area contributed by atoms with E-state index in [2.05, 4.69) is 0 Å². The van der Waals surface area contributed by atoms with E-state index in [1.54, 1.807) is 6.92 Å². The SMILES string of the molecule is COc1c(C)c(C)cc(CC(C)C(=O)O)c1O.